The molecule has 0 amide bonds. The minimum atomic E-state index is 0.620. The molecule has 18 heavy (non-hydrogen) atoms. The van der Waals surface area contributed by atoms with E-state index >= 15 is 0 Å². The molecule has 0 bridgehead atoms. The lowest BCUT2D eigenvalue weighted by Crippen LogP contribution is -1.96. The fourth-order valence-corrected chi connectivity index (χ4v) is 3.21. The summed E-state index contributed by atoms with van der Waals surface area (Å²) in [5.74, 6) is 0.693. The number of fused-ring (bicyclic) bond motifs is 1. The second-order valence-electron chi connectivity index (χ2n) is 4.36. The molecule has 1 aliphatic rings. The molecule has 2 heterocycles. The minimum Gasteiger partial charge on any atom is -0.316 e. The number of nitriles is 1. The van der Waals surface area contributed by atoms with E-state index in [1.54, 1.807) is 23.5 Å². The molecule has 3 rings (SSSR count). The van der Waals surface area contributed by atoms with Gasteiger partial charge >= 0.3 is 0 Å². The smallest absolute Gasteiger partial charge is 0.188 e. The van der Waals surface area contributed by atoms with Crippen LogP contribution in [0.1, 0.15) is 28.2 Å². The zero-order chi connectivity index (χ0) is 12.5. The number of hydrogen-bond donors (Lipinski definition) is 1. The summed E-state index contributed by atoms with van der Waals surface area (Å²) in [5, 5.41) is 13.0. The predicted molar refractivity (Wildman–Crippen MR) is 71.1 cm³/mol. The summed E-state index contributed by atoms with van der Waals surface area (Å²) >= 11 is 1.69. The maximum absolute atomic E-state index is 8.93. The molecular formula is C13H12N4S. The number of thiazole rings is 1. The first-order valence-corrected chi connectivity index (χ1v) is 6.70. The van der Waals surface area contributed by atoms with Crippen molar-refractivity contribution in [2.75, 3.05) is 5.32 Å². The Morgan fingerprint density at radius 1 is 1.33 bits per heavy atom. The first kappa shape index (κ1) is 11.2. The van der Waals surface area contributed by atoms with E-state index < -0.39 is 0 Å². The van der Waals surface area contributed by atoms with Gasteiger partial charge in [-0.25, -0.2) is 9.97 Å². The van der Waals surface area contributed by atoms with Crippen LogP contribution in [0.15, 0.2) is 12.1 Å². The van der Waals surface area contributed by atoms with E-state index in [1.807, 2.05) is 6.92 Å². The molecule has 2 aromatic heterocycles. The molecule has 0 aromatic carbocycles. The lowest BCUT2D eigenvalue weighted by atomic mass is 10.2. The first-order valence-electron chi connectivity index (χ1n) is 5.89. The van der Waals surface area contributed by atoms with Crippen molar-refractivity contribution in [2.45, 2.75) is 26.2 Å². The van der Waals surface area contributed by atoms with Crippen LogP contribution in [-0.4, -0.2) is 9.97 Å². The van der Waals surface area contributed by atoms with E-state index in [4.69, 9.17) is 5.26 Å². The Morgan fingerprint density at radius 2 is 2.22 bits per heavy atom. The summed E-state index contributed by atoms with van der Waals surface area (Å²) in [6.07, 6.45) is 3.44. The highest BCUT2D eigenvalue weighted by Gasteiger charge is 2.16. The molecule has 5 heteroatoms. The highest BCUT2D eigenvalue weighted by atomic mass is 32.1. The van der Waals surface area contributed by atoms with Gasteiger partial charge in [0.05, 0.1) is 17.3 Å². The Kier molecular flexibility index (Phi) is 2.73. The third-order valence-corrected chi connectivity index (χ3v) is 3.99. The van der Waals surface area contributed by atoms with Gasteiger partial charge in [-0.05, 0) is 38.3 Å². The van der Waals surface area contributed by atoms with Gasteiger partial charge in [-0.2, -0.15) is 5.26 Å². The van der Waals surface area contributed by atoms with Gasteiger partial charge in [-0.3, -0.25) is 0 Å². The molecule has 0 aliphatic heterocycles. The number of aromatic nitrogens is 2. The van der Waals surface area contributed by atoms with E-state index in [2.05, 4.69) is 21.4 Å². The molecule has 0 saturated heterocycles. The van der Waals surface area contributed by atoms with Gasteiger partial charge in [-0.1, -0.05) is 0 Å². The van der Waals surface area contributed by atoms with Gasteiger partial charge in [0, 0.05) is 10.6 Å². The van der Waals surface area contributed by atoms with Crippen LogP contribution in [0.25, 0.3) is 0 Å². The minimum absolute atomic E-state index is 0.620. The molecule has 90 valence electrons. The van der Waals surface area contributed by atoms with Gasteiger partial charge in [0.25, 0.3) is 0 Å². The van der Waals surface area contributed by atoms with Gasteiger partial charge in [0.2, 0.25) is 0 Å². The number of rotatable bonds is 2. The summed E-state index contributed by atoms with van der Waals surface area (Å²) in [4.78, 5) is 10.3. The van der Waals surface area contributed by atoms with Crippen molar-refractivity contribution in [2.24, 2.45) is 0 Å². The second kappa shape index (κ2) is 4.39. The average molecular weight is 256 g/mol. The Morgan fingerprint density at radius 3 is 3.00 bits per heavy atom. The van der Waals surface area contributed by atoms with Crippen molar-refractivity contribution in [3.05, 3.63) is 34.0 Å². The molecule has 0 unspecified atom stereocenters. The van der Waals surface area contributed by atoms with Gasteiger partial charge < -0.3 is 5.32 Å². The third kappa shape index (κ3) is 2.07. The fraction of sp³-hybridized carbons (Fsp3) is 0.308. The molecule has 0 spiro atoms. The Bertz CT molecular complexity index is 617. The molecule has 4 nitrogen and oxygen atoms in total. The molecule has 1 aliphatic carbocycles. The fourth-order valence-electron chi connectivity index (χ4n) is 2.15. The highest BCUT2D eigenvalue weighted by Crippen LogP contribution is 2.31. The second-order valence-corrected chi connectivity index (χ2v) is 5.45. The number of aryl methyl sites for hydroxylation is 3. The molecular weight excluding hydrogens is 244 g/mol. The Balaban J connectivity index is 1.87. The van der Waals surface area contributed by atoms with Crippen molar-refractivity contribution in [3.8, 4) is 6.07 Å². The van der Waals surface area contributed by atoms with Crippen molar-refractivity contribution < 1.29 is 0 Å². The summed E-state index contributed by atoms with van der Waals surface area (Å²) in [6, 6.07) is 5.66. The standard InChI is InChI=1S/C13H12N4S/c1-8-5-9(7-14)6-12(15-8)17-13-16-10-3-2-4-11(10)18-13/h5-6H,2-4H2,1H3,(H,15,16,17). The molecule has 2 aromatic rings. The van der Waals surface area contributed by atoms with Crippen LogP contribution in [0.5, 0.6) is 0 Å². The number of nitrogens with one attached hydrogen (secondary N) is 1. The number of pyridine rings is 1. The monoisotopic (exact) mass is 256 g/mol. The summed E-state index contributed by atoms with van der Waals surface area (Å²) < 4.78 is 0. The van der Waals surface area contributed by atoms with Gasteiger partial charge in [0.1, 0.15) is 5.82 Å². The lowest BCUT2D eigenvalue weighted by molar-refractivity contribution is 0.900. The van der Waals surface area contributed by atoms with E-state index in [0.717, 1.165) is 23.7 Å². The van der Waals surface area contributed by atoms with E-state index in [-0.39, 0.29) is 0 Å². The van der Waals surface area contributed by atoms with Crippen molar-refractivity contribution in [3.63, 3.8) is 0 Å². The van der Waals surface area contributed by atoms with Gasteiger partial charge in [0.15, 0.2) is 5.13 Å². The molecule has 0 atom stereocenters. The Hall–Kier alpha value is -1.93. The SMILES string of the molecule is Cc1cc(C#N)cc(Nc2nc3c(s2)CCC3)n1. The quantitative estimate of drug-likeness (QED) is 0.897. The predicted octanol–water partition coefficient (Wildman–Crippen LogP) is 2.95. The van der Waals surface area contributed by atoms with E-state index in [0.29, 0.717) is 11.4 Å². The zero-order valence-corrected chi connectivity index (χ0v) is 10.8. The summed E-state index contributed by atoms with van der Waals surface area (Å²) in [6.45, 7) is 1.88. The van der Waals surface area contributed by atoms with Gasteiger partial charge in [-0.15, -0.1) is 11.3 Å². The maximum atomic E-state index is 8.93. The lowest BCUT2D eigenvalue weighted by Gasteiger charge is -2.03. The van der Waals surface area contributed by atoms with Crippen molar-refractivity contribution >= 4 is 22.3 Å². The van der Waals surface area contributed by atoms with Crippen LogP contribution in [-0.2, 0) is 12.8 Å². The van der Waals surface area contributed by atoms with Crippen LogP contribution < -0.4 is 5.32 Å². The van der Waals surface area contributed by atoms with Crippen LogP contribution in [0.3, 0.4) is 0 Å². The maximum Gasteiger partial charge on any atom is 0.188 e. The Labute approximate surface area is 109 Å². The van der Waals surface area contributed by atoms with Crippen LogP contribution >= 0.6 is 11.3 Å². The first-order chi connectivity index (χ1) is 8.74. The van der Waals surface area contributed by atoms with Crippen LogP contribution in [0, 0.1) is 18.3 Å². The third-order valence-electron chi connectivity index (χ3n) is 2.91. The number of hydrogen-bond acceptors (Lipinski definition) is 5. The zero-order valence-electron chi connectivity index (χ0n) is 10.0. The number of anilines is 2. The van der Waals surface area contributed by atoms with Crippen molar-refractivity contribution in [1.29, 1.82) is 5.26 Å². The van der Waals surface area contributed by atoms with E-state index in [9.17, 15) is 0 Å². The average Bonchev–Trinajstić information content (AvgIpc) is 2.88. The van der Waals surface area contributed by atoms with Crippen LogP contribution in [0.4, 0.5) is 10.9 Å². The molecule has 0 radical (unpaired) electrons. The molecule has 1 N–H and O–H groups in total. The van der Waals surface area contributed by atoms with E-state index in [1.165, 1.54) is 17.0 Å². The topological polar surface area (TPSA) is 61.6 Å². The van der Waals surface area contributed by atoms with Crippen LogP contribution in [0.2, 0.25) is 0 Å². The summed E-state index contributed by atoms with van der Waals surface area (Å²) in [7, 11) is 0. The number of nitrogens with zero attached hydrogens (tertiary/aromatic N) is 3. The molecule has 0 saturated carbocycles. The normalized spacial score (nSPS) is 13.1. The largest absolute Gasteiger partial charge is 0.316 e. The summed E-state index contributed by atoms with van der Waals surface area (Å²) in [5.41, 5.74) is 2.67. The van der Waals surface area contributed by atoms with Crippen molar-refractivity contribution in [1.82, 2.24) is 9.97 Å². The molecule has 0 fully saturated rings. The highest BCUT2D eigenvalue weighted by molar-refractivity contribution is 7.15.